The normalized spacial score (nSPS) is 14.0. The molecule has 1 aromatic rings. The summed E-state index contributed by atoms with van der Waals surface area (Å²) in [5.41, 5.74) is 22.2. The van der Waals surface area contributed by atoms with Crippen molar-refractivity contribution >= 4 is 65.0 Å². The number of primary amides is 3. The zero-order valence-electron chi connectivity index (χ0n) is 38.6. The fourth-order valence-electron chi connectivity index (χ4n) is 6.33. The van der Waals surface area contributed by atoms with E-state index in [0.29, 0.717) is 12.0 Å². The maximum Gasteiger partial charge on any atom is 0.246 e. The van der Waals surface area contributed by atoms with E-state index in [1.165, 1.54) is 31.3 Å². The van der Waals surface area contributed by atoms with Gasteiger partial charge in [0.15, 0.2) is 0 Å². The Hall–Kier alpha value is -6.89. The Morgan fingerprint density at radius 2 is 1.22 bits per heavy atom. The van der Waals surface area contributed by atoms with Crippen molar-refractivity contribution in [2.75, 3.05) is 33.3 Å². The van der Waals surface area contributed by atoms with Crippen molar-refractivity contribution in [2.45, 2.75) is 115 Å². The number of aromatic hydroxyl groups is 1. The van der Waals surface area contributed by atoms with Crippen LogP contribution >= 0.6 is 0 Å². The van der Waals surface area contributed by atoms with Crippen molar-refractivity contribution in [3.05, 3.63) is 29.8 Å². The van der Waals surface area contributed by atoms with E-state index in [0.717, 1.165) is 4.90 Å². The molecule has 25 heteroatoms. The van der Waals surface area contributed by atoms with Crippen molar-refractivity contribution < 1.29 is 63.0 Å². The Bertz CT molecular complexity index is 1900. The molecule has 0 heterocycles. The summed E-state index contributed by atoms with van der Waals surface area (Å²) >= 11 is 0. The van der Waals surface area contributed by atoms with Crippen LogP contribution in [0.4, 0.5) is 0 Å². The third kappa shape index (κ3) is 22.2. The molecular formula is C42H68N12O13. The van der Waals surface area contributed by atoms with Gasteiger partial charge in [-0.25, -0.2) is 0 Å². The molecule has 0 aliphatic rings. The number of nitrogens with two attached hydrogens (primary N) is 4. The molecule has 11 amide bonds. The first-order chi connectivity index (χ1) is 31.4. The van der Waals surface area contributed by atoms with Crippen LogP contribution in [0.2, 0.25) is 0 Å². The van der Waals surface area contributed by atoms with Crippen LogP contribution in [-0.2, 0) is 59.2 Å². The Morgan fingerprint density at radius 1 is 0.657 bits per heavy atom. The van der Waals surface area contributed by atoms with Gasteiger partial charge in [0.05, 0.1) is 19.5 Å². The molecule has 0 radical (unpaired) electrons. The number of nitrogens with zero attached hydrogens (tertiary/aromatic N) is 1. The maximum absolute atomic E-state index is 14.0. The Balaban J connectivity index is 3.31. The molecule has 1 rings (SSSR count). The Morgan fingerprint density at radius 3 is 1.76 bits per heavy atom. The molecule has 0 aliphatic heterocycles. The van der Waals surface area contributed by atoms with E-state index in [2.05, 4.69) is 37.2 Å². The molecule has 67 heavy (non-hydrogen) atoms. The average Bonchev–Trinajstić information content (AvgIpc) is 3.25. The number of aliphatic hydroxyl groups excluding tert-OH is 1. The van der Waals surface area contributed by atoms with Crippen LogP contribution in [0, 0.1) is 11.8 Å². The van der Waals surface area contributed by atoms with Crippen molar-refractivity contribution in [2.24, 2.45) is 34.8 Å². The van der Waals surface area contributed by atoms with Gasteiger partial charge in [-0.15, -0.1) is 0 Å². The second-order valence-electron chi connectivity index (χ2n) is 16.4. The van der Waals surface area contributed by atoms with Gasteiger partial charge in [0, 0.05) is 39.5 Å². The van der Waals surface area contributed by atoms with Crippen LogP contribution in [0.25, 0.3) is 0 Å². The first-order valence-corrected chi connectivity index (χ1v) is 21.7. The van der Waals surface area contributed by atoms with E-state index in [-0.39, 0.29) is 44.0 Å². The minimum atomic E-state index is -1.79. The van der Waals surface area contributed by atoms with Crippen LogP contribution < -0.4 is 60.2 Å². The molecule has 7 atom stereocenters. The number of benzene rings is 1. The molecule has 0 saturated carbocycles. The highest BCUT2D eigenvalue weighted by atomic mass is 16.3. The second kappa shape index (κ2) is 29.6. The number of likely N-dealkylation sites (N-methyl/N-ethyl adjacent to an activating group) is 1. The van der Waals surface area contributed by atoms with Crippen LogP contribution in [0.15, 0.2) is 24.3 Å². The van der Waals surface area contributed by atoms with Crippen molar-refractivity contribution in [1.29, 1.82) is 0 Å². The highest BCUT2D eigenvalue weighted by Gasteiger charge is 2.35. The molecule has 0 aliphatic carbocycles. The van der Waals surface area contributed by atoms with Gasteiger partial charge in [-0.1, -0.05) is 46.2 Å². The van der Waals surface area contributed by atoms with E-state index < -0.39 is 146 Å². The lowest BCUT2D eigenvalue weighted by molar-refractivity contribution is -0.139. The zero-order valence-corrected chi connectivity index (χ0v) is 38.6. The molecule has 0 saturated heterocycles. The van der Waals surface area contributed by atoms with Crippen LogP contribution in [-0.4, -0.2) is 150 Å². The van der Waals surface area contributed by atoms with Crippen LogP contribution in [0.3, 0.4) is 0 Å². The van der Waals surface area contributed by atoms with Gasteiger partial charge in [0.2, 0.25) is 65.0 Å². The number of phenolic OH excluding ortho intramolecular Hbond substituents is 1. The van der Waals surface area contributed by atoms with Gasteiger partial charge in [-0.05, 0) is 48.8 Å². The van der Waals surface area contributed by atoms with E-state index >= 15 is 0 Å². The fraction of sp³-hybridized carbons (Fsp3) is 0.595. The van der Waals surface area contributed by atoms with Gasteiger partial charge in [-0.3, -0.25) is 52.7 Å². The number of aliphatic hydroxyl groups is 1. The van der Waals surface area contributed by atoms with Crippen molar-refractivity contribution in [1.82, 2.24) is 42.1 Å². The summed E-state index contributed by atoms with van der Waals surface area (Å²) in [5, 5.41) is 36.0. The van der Waals surface area contributed by atoms with Crippen molar-refractivity contribution in [3.63, 3.8) is 0 Å². The molecule has 0 bridgehead atoms. The average molecular weight is 949 g/mol. The largest absolute Gasteiger partial charge is 0.508 e. The predicted octanol–water partition coefficient (Wildman–Crippen LogP) is -5.13. The topological polar surface area (TPSA) is 420 Å². The second-order valence-corrected chi connectivity index (χ2v) is 16.4. The molecule has 17 N–H and O–H groups in total. The summed E-state index contributed by atoms with van der Waals surface area (Å²) in [6.07, 6.45) is -1.29. The molecule has 374 valence electrons. The SMILES string of the molecule is CC[C@H](C)[C@H](NC(=O)[C@H](Cc1ccc(O)cc1)NC(=O)CCCO)C(=O)N[C@@H](CCC(N)=O)C(=O)N[C@@H](CC(N)=O)C(=O)N[C@@H](CN)C(=O)N(C)CC(=O)N[C@@H](CC(C)C)C(=O)NCC(N)=O. The van der Waals surface area contributed by atoms with E-state index in [1.54, 1.807) is 27.7 Å². The highest BCUT2D eigenvalue weighted by Crippen LogP contribution is 2.14. The summed E-state index contributed by atoms with van der Waals surface area (Å²) in [6.45, 7) is 5.00. The Labute approximate surface area is 388 Å². The van der Waals surface area contributed by atoms with Crippen molar-refractivity contribution in [3.8, 4) is 5.75 Å². The minimum absolute atomic E-state index is 0.0411. The molecule has 0 fully saturated rings. The van der Waals surface area contributed by atoms with Gasteiger partial charge in [0.1, 0.15) is 42.0 Å². The van der Waals surface area contributed by atoms with Gasteiger partial charge in [0.25, 0.3) is 0 Å². The third-order valence-corrected chi connectivity index (χ3v) is 10.1. The summed E-state index contributed by atoms with van der Waals surface area (Å²) in [6, 6.07) is -2.80. The van der Waals surface area contributed by atoms with Crippen LogP contribution in [0.5, 0.6) is 5.75 Å². The number of rotatable bonds is 31. The quantitative estimate of drug-likeness (QED) is 0.0331. The number of carbonyl (C=O) groups is 11. The zero-order chi connectivity index (χ0) is 51.0. The summed E-state index contributed by atoms with van der Waals surface area (Å²) in [4.78, 5) is 143. The minimum Gasteiger partial charge on any atom is -0.508 e. The van der Waals surface area contributed by atoms with E-state index in [4.69, 9.17) is 22.9 Å². The summed E-state index contributed by atoms with van der Waals surface area (Å²) < 4.78 is 0. The number of hydrogen-bond acceptors (Lipinski definition) is 14. The van der Waals surface area contributed by atoms with Gasteiger partial charge < -0.3 is 75.3 Å². The summed E-state index contributed by atoms with van der Waals surface area (Å²) in [7, 11) is 1.20. The monoisotopic (exact) mass is 949 g/mol. The van der Waals surface area contributed by atoms with E-state index in [9.17, 15) is 63.0 Å². The predicted molar refractivity (Wildman–Crippen MR) is 240 cm³/mol. The maximum atomic E-state index is 14.0. The molecule has 1 aromatic carbocycles. The first-order valence-electron chi connectivity index (χ1n) is 21.7. The lowest BCUT2D eigenvalue weighted by Crippen LogP contribution is -2.61. The third-order valence-electron chi connectivity index (χ3n) is 10.1. The molecule has 0 unspecified atom stereocenters. The number of phenols is 1. The number of nitrogens with one attached hydrogen (secondary N) is 7. The Kier molecular flexibility index (Phi) is 25.7. The first kappa shape index (κ1) is 58.1. The number of hydrogen-bond donors (Lipinski definition) is 13. The molecule has 0 aromatic heterocycles. The van der Waals surface area contributed by atoms with Gasteiger partial charge >= 0.3 is 0 Å². The van der Waals surface area contributed by atoms with Crippen LogP contribution in [0.1, 0.15) is 78.2 Å². The smallest absolute Gasteiger partial charge is 0.246 e. The molecule has 25 nitrogen and oxygen atoms in total. The molecular weight excluding hydrogens is 881 g/mol. The number of amides is 11. The fourth-order valence-corrected chi connectivity index (χ4v) is 6.33. The standard InChI is InChI=1S/C42H68N12O13/c1-6-23(4)36(53-40(65)28(48-34(60)8-7-15-55)17-24-9-11-25(56)12-10-24)41(66)50-26(13-14-31(44)57)38(63)51-29(18-32(45)58)39(64)52-30(19-43)42(67)54(5)21-35(61)49-27(16-22(2)3)37(62)47-20-33(46)59/h9-12,22-23,26-30,36,55-56H,6-8,13-21,43H2,1-5H3,(H2,44,57)(H2,45,58)(H2,46,59)(H,47,62)(H,48,60)(H,49,61)(H,50,66)(H,51,63)(H,52,64)(H,53,65)/t23-,26-,27-,28-,29-,30-,36-/m0/s1. The molecule has 0 spiro atoms. The number of carbonyl (C=O) groups excluding carboxylic acids is 11. The lowest BCUT2D eigenvalue weighted by Gasteiger charge is -2.29. The van der Waals surface area contributed by atoms with E-state index in [1.807, 2.05) is 0 Å². The summed E-state index contributed by atoms with van der Waals surface area (Å²) in [5.74, 6) is -10.4. The highest BCUT2D eigenvalue weighted by molar-refractivity contribution is 5.98. The van der Waals surface area contributed by atoms with Gasteiger partial charge in [-0.2, -0.15) is 0 Å². The lowest BCUT2D eigenvalue weighted by atomic mass is 9.96.